The van der Waals surface area contributed by atoms with E-state index < -0.39 is 0 Å². The summed E-state index contributed by atoms with van der Waals surface area (Å²) in [6.07, 6.45) is 4.98. The summed E-state index contributed by atoms with van der Waals surface area (Å²) in [5.41, 5.74) is 0.792. The van der Waals surface area contributed by atoms with E-state index in [2.05, 4.69) is 35.1 Å². The van der Waals surface area contributed by atoms with E-state index in [1.54, 1.807) is 6.08 Å². The molecule has 0 aromatic heterocycles. The number of hydrogen-bond donors (Lipinski definition) is 1. The lowest BCUT2D eigenvalue weighted by Crippen LogP contribution is -2.51. The molecule has 2 rings (SSSR count). The van der Waals surface area contributed by atoms with Crippen molar-refractivity contribution in [1.82, 2.24) is 5.32 Å². The highest BCUT2D eigenvalue weighted by molar-refractivity contribution is 9.10. The van der Waals surface area contributed by atoms with Crippen LogP contribution in [0.1, 0.15) is 32.3 Å². The van der Waals surface area contributed by atoms with Crippen LogP contribution in [-0.2, 0) is 9.53 Å². The minimum absolute atomic E-state index is 0. The average Bonchev–Trinajstić information content (AvgIpc) is 2.44. The number of morpholine rings is 1. The quantitative estimate of drug-likeness (QED) is 0.775. The average molecular weight is 389 g/mol. The van der Waals surface area contributed by atoms with Crippen LogP contribution in [0.4, 0.5) is 0 Å². The third kappa shape index (κ3) is 6.21. The summed E-state index contributed by atoms with van der Waals surface area (Å²) < 4.78 is 6.99. The number of hydrogen-bond acceptors (Lipinski definition) is 3. The molecule has 0 aliphatic carbocycles. The maximum atomic E-state index is 12.0. The fourth-order valence-electron chi connectivity index (χ4n) is 2.49. The Balaban J connectivity index is 0.00000242. The fourth-order valence-corrected chi connectivity index (χ4v) is 2.75. The van der Waals surface area contributed by atoms with Gasteiger partial charge in [0.2, 0.25) is 0 Å². The van der Waals surface area contributed by atoms with Gasteiger partial charge in [0, 0.05) is 24.0 Å². The zero-order chi connectivity index (χ0) is 15.3. The van der Waals surface area contributed by atoms with E-state index in [4.69, 9.17) is 4.74 Å². The van der Waals surface area contributed by atoms with Gasteiger partial charge in [-0.2, -0.15) is 0 Å². The second-order valence-corrected chi connectivity index (χ2v) is 6.78. The van der Waals surface area contributed by atoms with Crippen LogP contribution in [0.5, 0.6) is 0 Å². The lowest BCUT2D eigenvalue weighted by atomic mass is 9.96. The number of benzene rings is 1. The Morgan fingerprint density at radius 3 is 2.77 bits per heavy atom. The van der Waals surface area contributed by atoms with Crippen LogP contribution in [0.2, 0.25) is 0 Å². The third-order valence-corrected chi connectivity index (χ3v) is 4.18. The Kier molecular flexibility index (Phi) is 7.77. The summed E-state index contributed by atoms with van der Waals surface area (Å²) in [4.78, 5) is 12.0. The van der Waals surface area contributed by atoms with Crippen molar-refractivity contribution < 1.29 is 9.53 Å². The summed E-state index contributed by atoms with van der Waals surface area (Å²) in [5, 5.41) is 3.35. The molecule has 1 aliphatic rings. The van der Waals surface area contributed by atoms with Gasteiger partial charge in [-0.1, -0.05) is 34.1 Å². The molecule has 22 heavy (non-hydrogen) atoms. The molecule has 1 aromatic carbocycles. The van der Waals surface area contributed by atoms with Gasteiger partial charge in [0.25, 0.3) is 0 Å². The molecule has 1 aromatic rings. The molecular weight excluding hydrogens is 366 g/mol. The fraction of sp³-hybridized carbons (Fsp3) is 0.471. The molecule has 0 radical (unpaired) electrons. The number of ether oxygens (including phenoxy) is 1. The molecule has 0 bridgehead atoms. The zero-order valence-corrected chi connectivity index (χ0v) is 15.4. The van der Waals surface area contributed by atoms with Crippen LogP contribution in [0.25, 0.3) is 6.08 Å². The molecule has 1 saturated heterocycles. The maximum absolute atomic E-state index is 12.0. The van der Waals surface area contributed by atoms with E-state index in [-0.39, 0.29) is 29.9 Å². The summed E-state index contributed by atoms with van der Waals surface area (Å²) in [5.74, 6) is 0.140. The summed E-state index contributed by atoms with van der Waals surface area (Å²) in [6, 6.07) is 7.89. The first-order valence-corrected chi connectivity index (χ1v) is 8.11. The summed E-state index contributed by atoms with van der Waals surface area (Å²) in [6.45, 7) is 5.81. The van der Waals surface area contributed by atoms with Crippen LogP contribution in [0.3, 0.4) is 0 Å². The van der Waals surface area contributed by atoms with Gasteiger partial charge in [-0.15, -0.1) is 12.4 Å². The molecule has 1 fully saturated rings. The van der Waals surface area contributed by atoms with Gasteiger partial charge < -0.3 is 10.1 Å². The number of nitrogens with one attached hydrogen (secondary N) is 1. The highest BCUT2D eigenvalue weighted by Gasteiger charge is 2.30. The number of allylic oxidation sites excluding steroid dienone is 1. The minimum Gasteiger partial charge on any atom is -0.370 e. The highest BCUT2D eigenvalue weighted by Crippen LogP contribution is 2.22. The van der Waals surface area contributed by atoms with Crippen molar-refractivity contribution in [2.75, 3.05) is 13.1 Å². The number of rotatable bonds is 5. The highest BCUT2D eigenvalue weighted by atomic mass is 79.9. The Bertz CT molecular complexity index is 518. The van der Waals surface area contributed by atoms with Gasteiger partial charge in [-0.05, 0) is 44.0 Å². The van der Waals surface area contributed by atoms with Gasteiger partial charge in [0.05, 0.1) is 11.7 Å². The van der Waals surface area contributed by atoms with Gasteiger partial charge >= 0.3 is 0 Å². The third-order valence-electron chi connectivity index (χ3n) is 3.65. The van der Waals surface area contributed by atoms with Crippen LogP contribution < -0.4 is 5.32 Å². The van der Waals surface area contributed by atoms with Crippen molar-refractivity contribution >= 4 is 40.2 Å². The molecule has 0 spiro atoms. The molecule has 2 atom stereocenters. The molecule has 1 aliphatic heterocycles. The van der Waals surface area contributed by atoms with E-state index >= 15 is 0 Å². The maximum Gasteiger partial charge on any atom is 0.155 e. The molecule has 3 nitrogen and oxygen atoms in total. The number of ketones is 1. The lowest BCUT2D eigenvalue weighted by molar-refractivity contribution is -0.121. The van der Waals surface area contributed by atoms with Gasteiger partial charge in [0.1, 0.15) is 0 Å². The second-order valence-electron chi connectivity index (χ2n) is 5.86. The second kappa shape index (κ2) is 8.82. The van der Waals surface area contributed by atoms with Crippen LogP contribution >= 0.6 is 28.3 Å². The van der Waals surface area contributed by atoms with Crippen molar-refractivity contribution in [1.29, 1.82) is 0 Å². The zero-order valence-electron chi connectivity index (χ0n) is 13.0. The SMILES string of the molecule is CC1CNCC(C)(CCC(=O)C=Cc2ccc(Br)cc2)O1.Cl. The van der Waals surface area contributed by atoms with Crippen molar-refractivity contribution in [3.05, 3.63) is 40.4 Å². The van der Waals surface area contributed by atoms with Crippen molar-refractivity contribution in [3.8, 4) is 0 Å². The van der Waals surface area contributed by atoms with E-state index in [0.29, 0.717) is 6.42 Å². The first-order valence-electron chi connectivity index (χ1n) is 7.32. The Morgan fingerprint density at radius 1 is 1.45 bits per heavy atom. The number of halogens is 2. The van der Waals surface area contributed by atoms with E-state index in [1.165, 1.54) is 0 Å². The Hall–Kier alpha value is -0.680. The Labute approximate surface area is 147 Å². The molecule has 1 N–H and O–H groups in total. The minimum atomic E-state index is -0.237. The molecule has 2 unspecified atom stereocenters. The molecule has 5 heteroatoms. The summed E-state index contributed by atoms with van der Waals surface area (Å²) >= 11 is 3.39. The van der Waals surface area contributed by atoms with Crippen molar-refractivity contribution in [2.45, 2.75) is 38.4 Å². The molecule has 0 saturated carbocycles. The molecule has 1 heterocycles. The molecule has 0 amide bonds. The number of carbonyl (C=O) groups excluding carboxylic acids is 1. The monoisotopic (exact) mass is 387 g/mol. The first kappa shape index (κ1) is 19.4. The Morgan fingerprint density at radius 2 is 2.14 bits per heavy atom. The predicted octanol–water partition coefficient (Wildman–Crippen LogP) is 4.00. The van der Waals surface area contributed by atoms with Crippen molar-refractivity contribution in [3.63, 3.8) is 0 Å². The smallest absolute Gasteiger partial charge is 0.155 e. The topological polar surface area (TPSA) is 38.3 Å². The number of carbonyl (C=O) groups is 1. The van der Waals surface area contributed by atoms with Gasteiger partial charge in [-0.25, -0.2) is 0 Å². The van der Waals surface area contributed by atoms with Crippen LogP contribution in [0, 0.1) is 0 Å². The first-order chi connectivity index (χ1) is 9.97. The molecule has 122 valence electrons. The standard InChI is InChI=1S/C17H22BrNO2.ClH/c1-13-11-19-12-17(2,21-13)10-9-16(20)8-5-14-3-6-15(18)7-4-14;/h3-8,13,19H,9-12H2,1-2H3;1H. The summed E-state index contributed by atoms with van der Waals surface area (Å²) in [7, 11) is 0. The van der Waals surface area contributed by atoms with E-state index in [0.717, 1.165) is 29.5 Å². The predicted molar refractivity (Wildman–Crippen MR) is 96.5 cm³/mol. The van der Waals surface area contributed by atoms with Gasteiger partial charge in [0.15, 0.2) is 5.78 Å². The van der Waals surface area contributed by atoms with E-state index in [9.17, 15) is 4.79 Å². The lowest BCUT2D eigenvalue weighted by Gasteiger charge is -2.38. The van der Waals surface area contributed by atoms with Crippen LogP contribution in [-0.4, -0.2) is 30.6 Å². The van der Waals surface area contributed by atoms with Crippen LogP contribution in [0.15, 0.2) is 34.8 Å². The van der Waals surface area contributed by atoms with Gasteiger partial charge in [-0.3, -0.25) is 4.79 Å². The normalized spacial score (nSPS) is 25.0. The molecular formula is C17H23BrClNO2. The van der Waals surface area contributed by atoms with E-state index in [1.807, 2.05) is 30.3 Å². The largest absolute Gasteiger partial charge is 0.370 e. The van der Waals surface area contributed by atoms with Crippen molar-refractivity contribution in [2.24, 2.45) is 0 Å².